The van der Waals surface area contributed by atoms with Crippen LogP contribution in [0.3, 0.4) is 0 Å². The first-order valence-electron chi connectivity index (χ1n) is 3.31. The van der Waals surface area contributed by atoms with Gasteiger partial charge in [0, 0.05) is 6.20 Å². The molecule has 0 aromatic carbocycles. The van der Waals surface area contributed by atoms with Gasteiger partial charge in [-0.2, -0.15) is 5.10 Å². The zero-order chi connectivity index (χ0) is 7.98. The van der Waals surface area contributed by atoms with Crippen LogP contribution in [0.5, 0.6) is 0 Å². The molecule has 0 saturated heterocycles. The van der Waals surface area contributed by atoms with Crippen molar-refractivity contribution in [2.75, 3.05) is 0 Å². The molecule has 1 aromatic rings. The molecule has 0 atom stereocenters. The van der Waals surface area contributed by atoms with E-state index in [1.54, 1.807) is 6.20 Å². The van der Waals surface area contributed by atoms with E-state index in [2.05, 4.69) is 10.2 Å². The van der Waals surface area contributed by atoms with Crippen LogP contribution in [-0.2, 0) is 0 Å². The van der Waals surface area contributed by atoms with Crippen molar-refractivity contribution in [3.63, 3.8) is 0 Å². The average molecular weight is 156 g/mol. The van der Waals surface area contributed by atoms with Gasteiger partial charge in [-0.25, -0.2) is 0 Å². The molecule has 1 rings (SSSR count). The number of H-pyrrole nitrogens is 1. The largest absolute Gasteiger partial charge is 0.268 e. The van der Waals surface area contributed by atoms with Gasteiger partial charge in [-0.3, -0.25) is 5.10 Å². The summed E-state index contributed by atoms with van der Waals surface area (Å²) in [5, 5.41) is 6.38. The Bertz CT molecular complexity index is 229. The van der Waals surface area contributed by atoms with E-state index in [0.717, 1.165) is 5.56 Å². The van der Waals surface area contributed by atoms with Crippen molar-refractivity contribution in [3.8, 4) is 0 Å². The summed E-state index contributed by atoms with van der Waals surface area (Å²) in [6.07, 6.45) is 1.69. The van der Waals surface area contributed by atoms with Gasteiger partial charge in [0.1, 0.15) is 4.64 Å². The maximum atomic E-state index is 4.84. The lowest BCUT2D eigenvalue weighted by molar-refractivity contribution is 0.998. The van der Waals surface area contributed by atoms with E-state index in [0.29, 0.717) is 4.64 Å². The Hall–Kier alpha value is -0.700. The van der Waals surface area contributed by atoms with Gasteiger partial charge in [-0.15, -0.1) is 0 Å². The molecule has 56 valence electrons. The van der Waals surface area contributed by atoms with Crippen LogP contribution in [0, 0.1) is 11.6 Å². The highest BCUT2D eigenvalue weighted by atomic mass is 32.1. The highest BCUT2D eigenvalue weighted by molar-refractivity contribution is 7.71. The van der Waals surface area contributed by atoms with Gasteiger partial charge in [-0.1, -0.05) is 26.1 Å². The summed E-state index contributed by atoms with van der Waals surface area (Å²) in [5.74, 6) is 0. The summed E-state index contributed by atoms with van der Waals surface area (Å²) in [6.45, 7) is 5.94. The standard InChI is InChI=1S/C5H6N2S.C2H6/c1-4-2-3-6-7-5(4)8;1-2/h2-3H,1H3,(H,7,8);1-2H3. The lowest BCUT2D eigenvalue weighted by Gasteiger charge is -1.85. The number of aromatic amines is 1. The average Bonchev–Trinajstić information content (AvgIpc) is 2.00. The van der Waals surface area contributed by atoms with Gasteiger partial charge < -0.3 is 0 Å². The second-order valence-electron chi connectivity index (χ2n) is 1.57. The van der Waals surface area contributed by atoms with E-state index in [1.165, 1.54) is 0 Å². The molecule has 0 amide bonds. The number of rotatable bonds is 0. The van der Waals surface area contributed by atoms with Crippen molar-refractivity contribution in [2.24, 2.45) is 0 Å². The van der Waals surface area contributed by atoms with E-state index in [4.69, 9.17) is 12.2 Å². The third-order valence-corrected chi connectivity index (χ3v) is 1.34. The van der Waals surface area contributed by atoms with Crippen LogP contribution in [0.4, 0.5) is 0 Å². The molecule has 3 heteroatoms. The fraction of sp³-hybridized carbons (Fsp3) is 0.429. The summed E-state index contributed by atoms with van der Waals surface area (Å²) in [7, 11) is 0. The Morgan fingerprint density at radius 1 is 1.50 bits per heavy atom. The topological polar surface area (TPSA) is 28.7 Å². The number of hydrogen-bond acceptors (Lipinski definition) is 2. The molecular formula is C7H12N2S. The fourth-order valence-electron chi connectivity index (χ4n) is 0.409. The van der Waals surface area contributed by atoms with Gasteiger partial charge in [0.2, 0.25) is 0 Å². The molecular weight excluding hydrogens is 144 g/mol. The molecule has 2 nitrogen and oxygen atoms in total. The smallest absolute Gasteiger partial charge is 0.122 e. The second kappa shape index (κ2) is 5.11. The monoisotopic (exact) mass is 156 g/mol. The van der Waals surface area contributed by atoms with Gasteiger partial charge in [0.25, 0.3) is 0 Å². The highest BCUT2D eigenvalue weighted by Crippen LogP contribution is 1.91. The third-order valence-electron chi connectivity index (χ3n) is 0.923. The molecule has 0 fully saturated rings. The summed E-state index contributed by atoms with van der Waals surface area (Å²) in [4.78, 5) is 0. The van der Waals surface area contributed by atoms with Crippen molar-refractivity contribution in [3.05, 3.63) is 22.5 Å². The van der Waals surface area contributed by atoms with Gasteiger partial charge in [0.15, 0.2) is 0 Å². The minimum Gasteiger partial charge on any atom is -0.268 e. The molecule has 0 aliphatic carbocycles. The number of aryl methyl sites for hydroxylation is 1. The molecule has 0 aliphatic heterocycles. The van der Waals surface area contributed by atoms with Gasteiger partial charge in [-0.05, 0) is 18.6 Å². The van der Waals surface area contributed by atoms with Crippen LogP contribution in [0.1, 0.15) is 19.4 Å². The minimum absolute atomic E-state index is 0.715. The Balaban J connectivity index is 0.000000371. The van der Waals surface area contributed by atoms with Crippen LogP contribution < -0.4 is 0 Å². The highest BCUT2D eigenvalue weighted by Gasteiger charge is 1.80. The predicted octanol–water partition coefficient (Wildman–Crippen LogP) is 2.47. The zero-order valence-corrected chi connectivity index (χ0v) is 7.33. The van der Waals surface area contributed by atoms with Crippen LogP contribution in [-0.4, -0.2) is 10.2 Å². The Morgan fingerprint density at radius 3 is 2.40 bits per heavy atom. The molecule has 0 radical (unpaired) electrons. The lowest BCUT2D eigenvalue weighted by Crippen LogP contribution is -1.81. The molecule has 0 saturated carbocycles. The molecule has 0 aliphatic rings. The number of hydrogen-bond donors (Lipinski definition) is 1. The van der Waals surface area contributed by atoms with Crippen molar-refractivity contribution in [2.45, 2.75) is 20.8 Å². The Labute approximate surface area is 66.3 Å². The quantitative estimate of drug-likeness (QED) is 0.584. The molecule has 1 aromatic heterocycles. The SMILES string of the molecule is CC.Cc1ccn[nH]c1=S. The first-order valence-corrected chi connectivity index (χ1v) is 3.72. The minimum atomic E-state index is 0.715. The second-order valence-corrected chi connectivity index (χ2v) is 1.98. The maximum absolute atomic E-state index is 4.84. The first kappa shape index (κ1) is 9.30. The Kier molecular flexibility index (Phi) is 4.76. The van der Waals surface area contributed by atoms with Crippen LogP contribution >= 0.6 is 12.2 Å². The summed E-state index contributed by atoms with van der Waals surface area (Å²) in [6, 6.07) is 1.87. The number of aromatic nitrogens is 2. The van der Waals surface area contributed by atoms with E-state index < -0.39 is 0 Å². The lowest BCUT2D eigenvalue weighted by atomic mass is 10.4. The molecule has 1 N–H and O–H groups in total. The van der Waals surface area contributed by atoms with Crippen molar-refractivity contribution in [1.29, 1.82) is 0 Å². The van der Waals surface area contributed by atoms with Crippen LogP contribution in [0.25, 0.3) is 0 Å². The van der Waals surface area contributed by atoms with Crippen LogP contribution in [0.15, 0.2) is 12.3 Å². The van der Waals surface area contributed by atoms with E-state index in [-0.39, 0.29) is 0 Å². The van der Waals surface area contributed by atoms with Gasteiger partial charge >= 0.3 is 0 Å². The number of nitrogens with zero attached hydrogens (tertiary/aromatic N) is 1. The normalized spacial score (nSPS) is 7.90. The van der Waals surface area contributed by atoms with E-state index in [1.807, 2.05) is 26.8 Å². The summed E-state index contributed by atoms with van der Waals surface area (Å²) >= 11 is 4.84. The predicted molar refractivity (Wildman–Crippen MR) is 45.5 cm³/mol. The van der Waals surface area contributed by atoms with Crippen LogP contribution in [0.2, 0.25) is 0 Å². The van der Waals surface area contributed by atoms with Crippen molar-refractivity contribution >= 4 is 12.2 Å². The molecule has 10 heavy (non-hydrogen) atoms. The summed E-state index contributed by atoms with van der Waals surface area (Å²) < 4.78 is 0.715. The zero-order valence-electron chi connectivity index (χ0n) is 6.51. The molecule has 0 spiro atoms. The maximum Gasteiger partial charge on any atom is 0.122 e. The van der Waals surface area contributed by atoms with Gasteiger partial charge in [0.05, 0.1) is 0 Å². The fourth-order valence-corrected chi connectivity index (χ4v) is 0.530. The molecule has 0 bridgehead atoms. The first-order chi connectivity index (χ1) is 4.80. The van der Waals surface area contributed by atoms with E-state index >= 15 is 0 Å². The van der Waals surface area contributed by atoms with Crippen molar-refractivity contribution in [1.82, 2.24) is 10.2 Å². The Morgan fingerprint density at radius 2 is 2.10 bits per heavy atom. The number of nitrogens with one attached hydrogen (secondary N) is 1. The summed E-state index contributed by atoms with van der Waals surface area (Å²) in [5.41, 5.74) is 1.06. The van der Waals surface area contributed by atoms with E-state index in [9.17, 15) is 0 Å². The van der Waals surface area contributed by atoms with Crippen molar-refractivity contribution < 1.29 is 0 Å². The third kappa shape index (κ3) is 2.73. The molecule has 0 unspecified atom stereocenters. The molecule has 1 heterocycles.